The van der Waals surface area contributed by atoms with Gasteiger partial charge in [-0.3, -0.25) is 0 Å². The fraction of sp³-hybridized carbons (Fsp3) is 1.00. The largest absolute Gasteiger partial charge is 0.396 e. The molecule has 1 saturated heterocycles. The average Bonchev–Trinajstić information content (AvgIpc) is 2.13. The molecule has 0 amide bonds. The van der Waals surface area contributed by atoms with E-state index in [1.54, 1.807) is 0 Å². The third-order valence-corrected chi connectivity index (χ3v) is 2.04. The summed E-state index contributed by atoms with van der Waals surface area (Å²) >= 11 is 0. The first-order chi connectivity index (χ1) is 4.74. The molecule has 0 radical (unpaired) electrons. The Bertz CT molecular complexity index is 110. The number of alkyl halides is 1. The number of hydrogen-bond acceptors (Lipinski definition) is 2. The Morgan fingerprint density at radius 1 is 1.60 bits per heavy atom. The monoisotopic (exact) mass is 147 g/mol. The van der Waals surface area contributed by atoms with Gasteiger partial charge in [-0.15, -0.1) is 0 Å². The molecule has 2 atom stereocenters. The standard InChI is InChI=1S/C7H14FNO/c1-9-4-6(2-3-10)7(8)5-9/h6-7,10H,2-5H2,1H3. The number of hydrogen-bond donors (Lipinski definition) is 1. The summed E-state index contributed by atoms with van der Waals surface area (Å²) in [6.07, 6.45) is -0.122. The van der Waals surface area contributed by atoms with Gasteiger partial charge in [-0.1, -0.05) is 0 Å². The lowest BCUT2D eigenvalue weighted by Crippen LogP contribution is -2.14. The van der Waals surface area contributed by atoms with E-state index >= 15 is 0 Å². The molecule has 1 heterocycles. The van der Waals surface area contributed by atoms with Crippen LogP contribution in [0.1, 0.15) is 6.42 Å². The number of nitrogens with zero attached hydrogens (tertiary/aromatic N) is 1. The number of rotatable bonds is 2. The zero-order chi connectivity index (χ0) is 7.56. The Kier molecular flexibility index (Phi) is 2.63. The van der Waals surface area contributed by atoms with Gasteiger partial charge in [-0.05, 0) is 13.5 Å². The van der Waals surface area contributed by atoms with Gasteiger partial charge in [0, 0.05) is 25.6 Å². The van der Waals surface area contributed by atoms with E-state index in [-0.39, 0.29) is 12.5 Å². The van der Waals surface area contributed by atoms with Crippen LogP contribution in [0.15, 0.2) is 0 Å². The highest BCUT2D eigenvalue weighted by molar-refractivity contribution is 4.81. The maximum absolute atomic E-state index is 12.9. The van der Waals surface area contributed by atoms with E-state index in [0.717, 1.165) is 6.54 Å². The van der Waals surface area contributed by atoms with E-state index in [1.807, 2.05) is 11.9 Å². The molecule has 0 spiro atoms. The first-order valence-corrected chi connectivity index (χ1v) is 3.67. The SMILES string of the molecule is CN1CC(F)C(CCO)C1. The van der Waals surface area contributed by atoms with Crippen molar-refractivity contribution in [3.63, 3.8) is 0 Å². The van der Waals surface area contributed by atoms with Crippen LogP contribution in [0.2, 0.25) is 0 Å². The molecule has 10 heavy (non-hydrogen) atoms. The molecule has 1 aliphatic rings. The van der Waals surface area contributed by atoms with Crippen LogP contribution in [0, 0.1) is 5.92 Å². The maximum Gasteiger partial charge on any atom is 0.117 e. The summed E-state index contributed by atoms with van der Waals surface area (Å²) in [4.78, 5) is 1.96. The van der Waals surface area contributed by atoms with Gasteiger partial charge in [-0.25, -0.2) is 4.39 Å². The number of halogens is 1. The van der Waals surface area contributed by atoms with Crippen LogP contribution in [0.3, 0.4) is 0 Å². The lowest BCUT2D eigenvalue weighted by molar-refractivity contribution is 0.212. The summed E-state index contributed by atoms with van der Waals surface area (Å²) in [5.41, 5.74) is 0. The fourth-order valence-corrected chi connectivity index (χ4v) is 1.47. The van der Waals surface area contributed by atoms with Gasteiger partial charge < -0.3 is 10.0 Å². The number of aliphatic hydroxyl groups is 1. The van der Waals surface area contributed by atoms with Gasteiger partial charge >= 0.3 is 0 Å². The first kappa shape index (κ1) is 7.95. The minimum absolute atomic E-state index is 0.0648. The molecule has 0 bridgehead atoms. The Morgan fingerprint density at radius 3 is 2.70 bits per heavy atom. The lowest BCUT2D eigenvalue weighted by atomic mass is 10.0. The highest BCUT2D eigenvalue weighted by Gasteiger charge is 2.29. The molecule has 1 fully saturated rings. The topological polar surface area (TPSA) is 23.5 Å². The van der Waals surface area contributed by atoms with Crippen molar-refractivity contribution in [2.75, 3.05) is 26.7 Å². The molecule has 1 aliphatic heterocycles. The van der Waals surface area contributed by atoms with Crippen molar-refractivity contribution >= 4 is 0 Å². The summed E-state index contributed by atoms with van der Waals surface area (Å²) in [5, 5.41) is 8.55. The predicted octanol–water partition coefficient (Wildman–Crippen LogP) is 0.269. The Labute approximate surface area is 60.6 Å². The van der Waals surface area contributed by atoms with Crippen molar-refractivity contribution in [2.45, 2.75) is 12.6 Å². The van der Waals surface area contributed by atoms with Gasteiger partial charge in [0.2, 0.25) is 0 Å². The summed E-state index contributed by atoms with van der Waals surface area (Å²) in [7, 11) is 1.91. The van der Waals surface area contributed by atoms with Gasteiger partial charge in [-0.2, -0.15) is 0 Å². The Hall–Kier alpha value is -0.150. The molecule has 2 nitrogen and oxygen atoms in total. The van der Waals surface area contributed by atoms with Crippen LogP contribution in [0.25, 0.3) is 0 Å². The summed E-state index contributed by atoms with van der Waals surface area (Å²) < 4.78 is 12.9. The van der Waals surface area contributed by atoms with Crippen molar-refractivity contribution in [1.29, 1.82) is 0 Å². The highest BCUT2D eigenvalue weighted by atomic mass is 19.1. The fourth-order valence-electron chi connectivity index (χ4n) is 1.47. The molecule has 60 valence electrons. The van der Waals surface area contributed by atoms with Crippen molar-refractivity contribution in [1.82, 2.24) is 4.90 Å². The molecule has 0 saturated carbocycles. The zero-order valence-corrected chi connectivity index (χ0v) is 6.26. The Balaban J connectivity index is 2.31. The molecular formula is C7H14FNO. The van der Waals surface area contributed by atoms with Gasteiger partial charge in [0.15, 0.2) is 0 Å². The molecular weight excluding hydrogens is 133 g/mol. The lowest BCUT2D eigenvalue weighted by Gasteiger charge is -2.08. The third kappa shape index (κ3) is 1.67. The molecule has 0 aromatic carbocycles. The molecule has 0 aromatic heterocycles. The van der Waals surface area contributed by atoms with E-state index in [1.165, 1.54) is 0 Å². The molecule has 3 heteroatoms. The van der Waals surface area contributed by atoms with Crippen molar-refractivity contribution in [2.24, 2.45) is 5.92 Å². The summed E-state index contributed by atoms with van der Waals surface area (Å²) in [6, 6.07) is 0. The second kappa shape index (κ2) is 3.30. The molecule has 2 unspecified atom stereocenters. The second-order valence-electron chi connectivity index (χ2n) is 3.01. The summed E-state index contributed by atoms with van der Waals surface area (Å²) in [6.45, 7) is 1.44. The quantitative estimate of drug-likeness (QED) is 0.606. The van der Waals surface area contributed by atoms with E-state index in [0.29, 0.717) is 13.0 Å². The van der Waals surface area contributed by atoms with Crippen LogP contribution >= 0.6 is 0 Å². The van der Waals surface area contributed by atoms with Gasteiger partial charge in [0.25, 0.3) is 0 Å². The van der Waals surface area contributed by atoms with Crippen LogP contribution in [0.5, 0.6) is 0 Å². The van der Waals surface area contributed by atoms with E-state index < -0.39 is 6.17 Å². The summed E-state index contributed by atoms with van der Waals surface area (Å²) in [5.74, 6) is 0.0648. The maximum atomic E-state index is 12.9. The smallest absolute Gasteiger partial charge is 0.117 e. The van der Waals surface area contributed by atoms with Crippen molar-refractivity contribution in [3.8, 4) is 0 Å². The molecule has 0 aromatic rings. The van der Waals surface area contributed by atoms with E-state index in [4.69, 9.17) is 5.11 Å². The predicted molar refractivity (Wildman–Crippen MR) is 37.6 cm³/mol. The molecule has 1 rings (SSSR count). The Morgan fingerprint density at radius 2 is 2.30 bits per heavy atom. The zero-order valence-electron chi connectivity index (χ0n) is 6.26. The number of aliphatic hydroxyl groups excluding tert-OH is 1. The third-order valence-electron chi connectivity index (χ3n) is 2.04. The van der Waals surface area contributed by atoms with Crippen LogP contribution in [-0.4, -0.2) is 42.9 Å². The van der Waals surface area contributed by atoms with Crippen LogP contribution < -0.4 is 0 Å². The first-order valence-electron chi connectivity index (χ1n) is 3.67. The van der Waals surface area contributed by atoms with Crippen molar-refractivity contribution in [3.05, 3.63) is 0 Å². The molecule has 1 N–H and O–H groups in total. The highest BCUT2D eigenvalue weighted by Crippen LogP contribution is 2.20. The van der Waals surface area contributed by atoms with Gasteiger partial charge in [0.05, 0.1) is 0 Å². The van der Waals surface area contributed by atoms with Crippen LogP contribution in [0.4, 0.5) is 4.39 Å². The van der Waals surface area contributed by atoms with Crippen LogP contribution in [-0.2, 0) is 0 Å². The number of likely N-dealkylation sites (tertiary alicyclic amines) is 1. The second-order valence-corrected chi connectivity index (χ2v) is 3.01. The van der Waals surface area contributed by atoms with Gasteiger partial charge in [0.1, 0.15) is 6.17 Å². The van der Waals surface area contributed by atoms with Crippen molar-refractivity contribution < 1.29 is 9.50 Å². The van der Waals surface area contributed by atoms with E-state index in [2.05, 4.69) is 0 Å². The minimum atomic E-state index is -0.725. The average molecular weight is 147 g/mol. The minimum Gasteiger partial charge on any atom is -0.396 e. The molecule has 0 aliphatic carbocycles. The van der Waals surface area contributed by atoms with E-state index in [9.17, 15) is 4.39 Å². The normalized spacial score (nSPS) is 35.1.